The lowest BCUT2D eigenvalue weighted by atomic mass is 10.2. The van der Waals surface area contributed by atoms with Crippen LogP contribution < -0.4 is 5.32 Å². The molecule has 0 atom stereocenters. The first-order valence-corrected chi connectivity index (χ1v) is 3.89. The quantitative estimate of drug-likeness (QED) is 0.814. The lowest BCUT2D eigenvalue weighted by molar-refractivity contribution is -0.115. The number of carbonyl (C=O) groups is 1. The molecule has 0 aliphatic carbocycles. The number of alkyl halides is 3. The third-order valence-corrected chi connectivity index (χ3v) is 1.49. The fourth-order valence-corrected chi connectivity index (χ4v) is 0.903. The Bertz CT molecular complexity index is 365. The molecule has 0 spiro atoms. The van der Waals surface area contributed by atoms with Crippen molar-refractivity contribution in [2.24, 2.45) is 0 Å². The highest BCUT2D eigenvalue weighted by molar-refractivity contribution is 5.92. The number of rotatable bonds is 3. The van der Waals surface area contributed by atoms with Crippen LogP contribution in [0.5, 0.6) is 0 Å². The molecule has 15 heavy (non-hydrogen) atoms. The molecule has 0 saturated heterocycles. The summed E-state index contributed by atoms with van der Waals surface area (Å²) in [4.78, 5) is 14.1. The van der Waals surface area contributed by atoms with Crippen molar-refractivity contribution in [1.82, 2.24) is 4.98 Å². The summed E-state index contributed by atoms with van der Waals surface area (Å²) in [5.74, 6) is -1.62. The summed E-state index contributed by atoms with van der Waals surface area (Å²) in [6.45, 7) is -1.32. The molecule has 0 amide bonds. The molecule has 0 aliphatic rings. The van der Waals surface area contributed by atoms with E-state index in [1.165, 1.54) is 18.3 Å². The number of nitrogens with one attached hydrogen (secondary N) is 1. The van der Waals surface area contributed by atoms with Crippen molar-refractivity contribution in [3.8, 4) is 0 Å². The van der Waals surface area contributed by atoms with Gasteiger partial charge in [-0.1, -0.05) is 0 Å². The molecule has 0 fully saturated rings. The van der Waals surface area contributed by atoms with E-state index in [0.717, 1.165) is 0 Å². The Balaban J connectivity index is 2.81. The second kappa shape index (κ2) is 4.16. The Morgan fingerprint density at radius 3 is 2.73 bits per heavy atom. The molecule has 7 heteroatoms. The number of carboxylic acids is 1. The molecule has 0 bridgehead atoms. The number of halogens is 3. The minimum Gasteiger partial charge on any atom is -0.478 e. The lowest BCUT2D eigenvalue weighted by Gasteiger charge is -2.10. The molecule has 82 valence electrons. The standard InChI is InChI=1S/C8H7F3N2O2/c9-8(10,11)4-13-6-5(7(14)15)2-1-3-12-6/h1-3H,4H2,(H,12,13)(H,14,15). The van der Waals surface area contributed by atoms with Crippen molar-refractivity contribution >= 4 is 11.8 Å². The van der Waals surface area contributed by atoms with Gasteiger partial charge in [0.15, 0.2) is 0 Å². The molecule has 1 aromatic rings. The molecule has 1 heterocycles. The number of anilines is 1. The number of nitrogens with zero attached hydrogens (tertiary/aromatic N) is 1. The fraction of sp³-hybridized carbons (Fsp3) is 0.250. The first-order chi connectivity index (χ1) is 6.90. The van der Waals surface area contributed by atoms with Gasteiger partial charge in [-0.15, -0.1) is 0 Å². The molecular formula is C8H7F3N2O2. The van der Waals surface area contributed by atoms with Gasteiger partial charge in [-0.05, 0) is 12.1 Å². The number of aromatic carboxylic acids is 1. The molecule has 0 saturated carbocycles. The van der Waals surface area contributed by atoms with Gasteiger partial charge in [0.25, 0.3) is 0 Å². The van der Waals surface area contributed by atoms with E-state index in [2.05, 4.69) is 4.98 Å². The number of pyridine rings is 1. The van der Waals surface area contributed by atoms with E-state index in [4.69, 9.17) is 5.11 Å². The Labute approximate surface area is 82.7 Å². The van der Waals surface area contributed by atoms with Crippen LogP contribution in [0.1, 0.15) is 10.4 Å². The average Bonchev–Trinajstić information content (AvgIpc) is 2.14. The maximum absolute atomic E-state index is 11.8. The van der Waals surface area contributed by atoms with Gasteiger partial charge < -0.3 is 10.4 Å². The lowest BCUT2D eigenvalue weighted by Crippen LogP contribution is -2.23. The molecular weight excluding hydrogens is 213 g/mol. The summed E-state index contributed by atoms with van der Waals surface area (Å²) < 4.78 is 35.5. The molecule has 0 radical (unpaired) electrons. The molecule has 2 N–H and O–H groups in total. The van der Waals surface area contributed by atoms with Crippen molar-refractivity contribution in [3.05, 3.63) is 23.9 Å². The van der Waals surface area contributed by atoms with Crippen molar-refractivity contribution in [1.29, 1.82) is 0 Å². The van der Waals surface area contributed by atoms with Crippen LogP contribution in [-0.2, 0) is 0 Å². The third-order valence-electron chi connectivity index (χ3n) is 1.49. The van der Waals surface area contributed by atoms with Gasteiger partial charge in [0.05, 0.1) is 0 Å². The van der Waals surface area contributed by atoms with E-state index in [1.54, 1.807) is 0 Å². The highest BCUT2D eigenvalue weighted by Crippen LogP contribution is 2.17. The molecule has 0 aromatic carbocycles. The first kappa shape index (κ1) is 11.3. The van der Waals surface area contributed by atoms with Crippen molar-refractivity contribution in [2.45, 2.75) is 6.18 Å². The minimum atomic E-state index is -4.41. The SMILES string of the molecule is O=C(O)c1cccnc1NCC(F)(F)F. The van der Waals surface area contributed by atoms with Crippen LogP contribution in [0.2, 0.25) is 0 Å². The predicted molar refractivity (Wildman–Crippen MR) is 45.7 cm³/mol. The van der Waals surface area contributed by atoms with Crippen molar-refractivity contribution in [3.63, 3.8) is 0 Å². The van der Waals surface area contributed by atoms with Crippen LogP contribution in [0.4, 0.5) is 19.0 Å². The highest BCUT2D eigenvalue weighted by atomic mass is 19.4. The third kappa shape index (κ3) is 3.45. The van der Waals surface area contributed by atoms with Crippen LogP contribution in [0.3, 0.4) is 0 Å². The molecule has 4 nitrogen and oxygen atoms in total. The summed E-state index contributed by atoms with van der Waals surface area (Å²) in [5, 5.41) is 10.6. The van der Waals surface area contributed by atoms with Gasteiger partial charge >= 0.3 is 12.1 Å². The maximum Gasteiger partial charge on any atom is 0.405 e. The van der Waals surface area contributed by atoms with E-state index in [-0.39, 0.29) is 11.4 Å². The van der Waals surface area contributed by atoms with Crippen molar-refractivity contribution in [2.75, 3.05) is 11.9 Å². The molecule has 0 unspecified atom stereocenters. The zero-order chi connectivity index (χ0) is 11.5. The Morgan fingerprint density at radius 2 is 2.20 bits per heavy atom. The van der Waals surface area contributed by atoms with Gasteiger partial charge in [-0.25, -0.2) is 9.78 Å². The summed E-state index contributed by atoms with van der Waals surface area (Å²) in [7, 11) is 0. The Kier molecular flexibility index (Phi) is 3.13. The second-order valence-corrected chi connectivity index (χ2v) is 2.67. The summed E-state index contributed by atoms with van der Waals surface area (Å²) in [6, 6.07) is 2.51. The van der Waals surface area contributed by atoms with Gasteiger partial charge in [-0.3, -0.25) is 0 Å². The van der Waals surface area contributed by atoms with E-state index >= 15 is 0 Å². The zero-order valence-electron chi connectivity index (χ0n) is 7.38. The number of hydrogen-bond acceptors (Lipinski definition) is 3. The van der Waals surface area contributed by atoms with E-state index in [1.807, 2.05) is 5.32 Å². The Hall–Kier alpha value is -1.79. The summed E-state index contributed by atoms with van der Waals surface area (Å²) in [5.41, 5.74) is -0.290. The summed E-state index contributed by atoms with van der Waals surface area (Å²) in [6.07, 6.45) is -3.20. The molecule has 1 aromatic heterocycles. The monoisotopic (exact) mass is 220 g/mol. The van der Waals surface area contributed by atoms with Crippen LogP contribution in [0.25, 0.3) is 0 Å². The minimum absolute atomic E-state index is 0.290. The van der Waals surface area contributed by atoms with Gasteiger partial charge in [0, 0.05) is 6.20 Å². The predicted octanol–water partition coefficient (Wildman–Crippen LogP) is 1.75. The largest absolute Gasteiger partial charge is 0.478 e. The topological polar surface area (TPSA) is 62.2 Å². The van der Waals surface area contributed by atoms with Gasteiger partial charge in [0.1, 0.15) is 17.9 Å². The van der Waals surface area contributed by atoms with Crippen molar-refractivity contribution < 1.29 is 23.1 Å². The van der Waals surface area contributed by atoms with Crippen LogP contribution in [0, 0.1) is 0 Å². The average molecular weight is 220 g/mol. The normalized spacial score (nSPS) is 11.1. The summed E-state index contributed by atoms with van der Waals surface area (Å²) >= 11 is 0. The van der Waals surface area contributed by atoms with E-state index in [0.29, 0.717) is 0 Å². The first-order valence-electron chi connectivity index (χ1n) is 3.89. The van der Waals surface area contributed by atoms with Gasteiger partial charge in [0.2, 0.25) is 0 Å². The van der Waals surface area contributed by atoms with Gasteiger partial charge in [-0.2, -0.15) is 13.2 Å². The zero-order valence-corrected chi connectivity index (χ0v) is 7.38. The van der Waals surface area contributed by atoms with Crippen LogP contribution in [0.15, 0.2) is 18.3 Å². The number of carboxylic acid groups (broad SMARTS) is 1. The molecule has 1 rings (SSSR count). The van der Waals surface area contributed by atoms with E-state index in [9.17, 15) is 18.0 Å². The highest BCUT2D eigenvalue weighted by Gasteiger charge is 2.27. The Morgan fingerprint density at radius 1 is 1.53 bits per heavy atom. The van der Waals surface area contributed by atoms with Crippen LogP contribution in [-0.4, -0.2) is 28.8 Å². The molecule has 0 aliphatic heterocycles. The van der Waals surface area contributed by atoms with E-state index < -0.39 is 18.7 Å². The van der Waals surface area contributed by atoms with Crippen LogP contribution >= 0.6 is 0 Å². The second-order valence-electron chi connectivity index (χ2n) is 2.67. The smallest absolute Gasteiger partial charge is 0.405 e. The number of hydrogen-bond donors (Lipinski definition) is 2. The fourth-order valence-electron chi connectivity index (χ4n) is 0.903. The maximum atomic E-state index is 11.8. The number of aromatic nitrogens is 1.